The average Bonchev–Trinajstić information content (AvgIpc) is 3.41. The molecule has 0 unspecified atom stereocenters. The lowest BCUT2D eigenvalue weighted by Gasteiger charge is -2.16. The van der Waals surface area contributed by atoms with Crippen LogP contribution in [0, 0.1) is 0 Å². The molecule has 6 nitrogen and oxygen atoms in total. The van der Waals surface area contributed by atoms with Gasteiger partial charge in [-0.25, -0.2) is 4.98 Å². The van der Waals surface area contributed by atoms with Crippen LogP contribution in [0.3, 0.4) is 0 Å². The Morgan fingerprint density at radius 1 is 1.00 bits per heavy atom. The fraction of sp³-hybridized carbons (Fsp3) is 0.160. The van der Waals surface area contributed by atoms with Crippen molar-refractivity contribution in [1.82, 2.24) is 14.5 Å². The third-order valence-corrected chi connectivity index (χ3v) is 5.59. The summed E-state index contributed by atoms with van der Waals surface area (Å²) in [6, 6.07) is 23.1. The van der Waals surface area contributed by atoms with E-state index in [2.05, 4.69) is 10.3 Å². The monoisotopic (exact) mass is 410 g/mol. The Hall–Kier alpha value is -3.93. The van der Waals surface area contributed by atoms with Crippen LogP contribution in [0.15, 0.2) is 79.1 Å². The second kappa shape index (κ2) is 8.07. The number of nitrogens with one attached hydrogen (secondary N) is 1. The van der Waals surface area contributed by atoms with Gasteiger partial charge in [-0.05, 0) is 60.5 Å². The van der Waals surface area contributed by atoms with Gasteiger partial charge in [0.05, 0.1) is 11.0 Å². The molecule has 0 bridgehead atoms. The van der Waals surface area contributed by atoms with Crippen LogP contribution >= 0.6 is 0 Å². The number of para-hydroxylation sites is 2. The molecule has 0 spiro atoms. The molecule has 0 radical (unpaired) electrons. The third kappa shape index (κ3) is 3.92. The number of anilines is 1. The van der Waals surface area contributed by atoms with E-state index in [1.807, 2.05) is 76.2 Å². The molecule has 1 aromatic heterocycles. The number of fused-ring (bicyclic) bond motifs is 1. The van der Waals surface area contributed by atoms with E-state index in [9.17, 15) is 9.59 Å². The Kier molecular flexibility index (Phi) is 4.96. The zero-order valence-electron chi connectivity index (χ0n) is 17.0. The Bertz CT molecular complexity index is 1260. The molecule has 4 aromatic rings. The number of hydrogen-bond donors (Lipinski definition) is 1. The van der Waals surface area contributed by atoms with Gasteiger partial charge < -0.3 is 10.2 Å². The SMILES string of the molecule is O=C(Nc1ccc(-n2cnc3ccccc32)cc1)c1cccc(CN2CCCC2=O)c1. The van der Waals surface area contributed by atoms with Crippen molar-refractivity contribution >= 4 is 28.5 Å². The summed E-state index contributed by atoms with van der Waals surface area (Å²) in [6.45, 7) is 1.33. The van der Waals surface area contributed by atoms with E-state index in [0.29, 0.717) is 18.5 Å². The van der Waals surface area contributed by atoms with E-state index in [1.165, 1.54) is 0 Å². The van der Waals surface area contributed by atoms with Crippen LogP contribution in [0.25, 0.3) is 16.7 Å². The van der Waals surface area contributed by atoms with Crippen LogP contribution in [-0.2, 0) is 11.3 Å². The highest BCUT2D eigenvalue weighted by Gasteiger charge is 2.20. The highest BCUT2D eigenvalue weighted by atomic mass is 16.2. The summed E-state index contributed by atoms with van der Waals surface area (Å²) in [5, 5.41) is 2.95. The van der Waals surface area contributed by atoms with Crippen molar-refractivity contribution in [3.05, 3.63) is 90.3 Å². The molecule has 1 N–H and O–H groups in total. The summed E-state index contributed by atoms with van der Waals surface area (Å²) in [5.74, 6) is 0.0102. The first-order chi connectivity index (χ1) is 15.2. The van der Waals surface area contributed by atoms with Crippen molar-refractivity contribution < 1.29 is 9.59 Å². The molecule has 5 rings (SSSR count). The molecule has 31 heavy (non-hydrogen) atoms. The summed E-state index contributed by atoms with van der Waals surface area (Å²) in [4.78, 5) is 30.9. The molecule has 1 aliphatic rings. The maximum Gasteiger partial charge on any atom is 0.255 e. The number of benzene rings is 3. The summed E-state index contributed by atoms with van der Waals surface area (Å²) >= 11 is 0. The molecule has 6 heteroatoms. The van der Waals surface area contributed by atoms with E-state index in [0.717, 1.165) is 40.9 Å². The topological polar surface area (TPSA) is 67.2 Å². The summed E-state index contributed by atoms with van der Waals surface area (Å²) < 4.78 is 2.02. The van der Waals surface area contributed by atoms with Crippen molar-refractivity contribution in [3.8, 4) is 5.69 Å². The highest BCUT2D eigenvalue weighted by molar-refractivity contribution is 6.04. The number of nitrogens with zero attached hydrogens (tertiary/aromatic N) is 3. The number of carbonyl (C=O) groups excluding carboxylic acids is 2. The number of amides is 2. The molecule has 0 saturated carbocycles. The predicted octanol–water partition coefficient (Wildman–Crippen LogP) is 4.40. The fourth-order valence-electron chi connectivity index (χ4n) is 3.98. The first-order valence-corrected chi connectivity index (χ1v) is 10.4. The van der Waals surface area contributed by atoms with Gasteiger partial charge >= 0.3 is 0 Å². The zero-order chi connectivity index (χ0) is 21.2. The quantitative estimate of drug-likeness (QED) is 0.530. The summed E-state index contributed by atoms with van der Waals surface area (Å²) in [5.41, 5.74) is 5.21. The van der Waals surface area contributed by atoms with Crippen molar-refractivity contribution in [2.24, 2.45) is 0 Å². The van der Waals surface area contributed by atoms with Crippen LogP contribution in [0.2, 0.25) is 0 Å². The van der Waals surface area contributed by atoms with Gasteiger partial charge in [-0.2, -0.15) is 0 Å². The molecular weight excluding hydrogens is 388 g/mol. The molecular formula is C25H22N4O2. The van der Waals surface area contributed by atoms with Gasteiger partial charge in [-0.15, -0.1) is 0 Å². The molecule has 1 saturated heterocycles. The second-order valence-corrected chi connectivity index (χ2v) is 7.72. The maximum atomic E-state index is 12.7. The lowest BCUT2D eigenvalue weighted by molar-refractivity contribution is -0.128. The summed E-state index contributed by atoms with van der Waals surface area (Å²) in [7, 11) is 0. The molecule has 154 valence electrons. The number of hydrogen-bond acceptors (Lipinski definition) is 3. The minimum atomic E-state index is -0.171. The lowest BCUT2D eigenvalue weighted by Crippen LogP contribution is -2.24. The van der Waals surface area contributed by atoms with Crippen LogP contribution in [0.1, 0.15) is 28.8 Å². The molecule has 0 atom stereocenters. The number of aromatic nitrogens is 2. The van der Waals surface area contributed by atoms with E-state index in [4.69, 9.17) is 0 Å². The van der Waals surface area contributed by atoms with Crippen molar-refractivity contribution in [3.63, 3.8) is 0 Å². The maximum absolute atomic E-state index is 12.7. The molecule has 2 heterocycles. The normalized spacial score (nSPS) is 13.7. The highest BCUT2D eigenvalue weighted by Crippen LogP contribution is 2.20. The third-order valence-electron chi connectivity index (χ3n) is 5.59. The molecule has 3 aromatic carbocycles. The van der Waals surface area contributed by atoms with Gasteiger partial charge in [0.15, 0.2) is 0 Å². The average molecular weight is 410 g/mol. The Morgan fingerprint density at radius 2 is 1.84 bits per heavy atom. The number of likely N-dealkylation sites (tertiary alicyclic amines) is 1. The van der Waals surface area contributed by atoms with E-state index in [1.54, 1.807) is 12.4 Å². The molecule has 0 aliphatic carbocycles. The van der Waals surface area contributed by atoms with E-state index in [-0.39, 0.29) is 11.8 Å². The Morgan fingerprint density at radius 3 is 2.65 bits per heavy atom. The smallest absolute Gasteiger partial charge is 0.255 e. The van der Waals surface area contributed by atoms with Crippen LogP contribution in [0.5, 0.6) is 0 Å². The van der Waals surface area contributed by atoms with Gasteiger partial charge in [0.2, 0.25) is 5.91 Å². The second-order valence-electron chi connectivity index (χ2n) is 7.72. The van der Waals surface area contributed by atoms with Gasteiger partial charge in [-0.3, -0.25) is 14.2 Å². The standard InChI is InChI=1S/C25H22N4O2/c30-24-9-4-14-28(24)16-18-5-3-6-19(15-18)25(31)27-20-10-12-21(13-11-20)29-17-26-22-7-1-2-8-23(22)29/h1-3,5-8,10-13,15,17H,4,9,14,16H2,(H,27,31). The van der Waals surface area contributed by atoms with E-state index >= 15 is 0 Å². The number of carbonyl (C=O) groups is 2. The van der Waals surface area contributed by atoms with Crippen molar-refractivity contribution in [2.45, 2.75) is 19.4 Å². The van der Waals surface area contributed by atoms with Crippen LogP contribution in [-0.4, -0.2) is 32.8 Å². The number of imidazole rings is 1. The van der Waals surface area contributed by atoms with Crippen molar-refractivity contribution in [2.75, 3.05) is 11.9 Å². The Balaban J connectivity index is 1.29. The minimum Gasteiger partial charge on any atom is -0.338 e. The largest absolute Gasteiger partial charge is 0.338 e. The minimum absolute atomic E-state index is 0.171. The summed E-state index contributed by atoms with van der Waals surface area (Å²) in [6.07, 6.45) is 3.32. The molecule has 2 amide bonds. The zero-order valence-corrected chi connectivity index (χ0v) is 17.0. The van der Waals surface area contributed by atoms with Crippen LogP contribution < -0.4 is 5.32 Å². The van der Waals surface area contributed by atoms with Crippen molar-refractivity contribution in [1.29, 1.82) is 0 Å². The lowest BCUT2D eigenvalue weighted by atomic mass is 10.1. The van der Waals surface area contributed by atoms with Gasteiger partial charge in [-0.1, -0.05) is 24.3 Å². The van der Waals surface area contributed by atoms with Gasteiger partial charge in [0, 0.05) is 36.4 Å². The first-order valence-electron chi connectivity index (χ1n) is 10.4. The Labute approximate surface area is 180 Å². The van der Waals surface area contributed by atoms with Gasteiger partial charge in [0.1, 0.15) is 6.33 Å². The van der Waals surface area contributed by atoms with Gasteiger partial charge in [0.25, 0.3) is 5.91 Å². The first kappa shape index (κ1) is 19.1. The fourth-order valence-corrected chi connectivity index (χ4v) is 3.98. The molecule has 1 aliphatic heterocycles. The predicted molar refractivity (Wildman–Crippen MR) is 120 cm³/mol. The van der Waals surface area contributed by atoms with Crippen LogP contribution in [0.4, 0.5) is 5.69 Å². The number of rotatable bonds is 5. The van der Waals surface area contributed by atoms with E-state index < -0.39 is 0 Å². The molecule has 1 fully saturated rings.